The Morgan fingerprint density at radius 2 is 1.77 bits per heavy atom. The zero-order chi connectivity index (χ0) is 21.5. The first-order valence-electron chi connectivity index (χ1n) is 9.42. The lowest BCUT2D eigenvalue weighted by atomic mass is 9.87. The van der Waals surface area contributed by atoms with Crippen LogP contribution in [0.25, 0.3) is 0 Å². The van der Waals surface area contributed by atoms with Crippen LogP contribution in [0.15, 0.2) is 42.5 Å². The van der Waals surface area contributed by atoms with E-state index in [2.05, 4.69) is 5.32 Å². The molecule has 30 heavy (non-hydrogen) atoms. The number of carbonyl (C=O) groups excluding carboxylic acids is 3. The number of urea groups is 1. The molecule has 0 aromatic heterocycles. The van der Waals surface area contributed by atoms with Crippen molar-refractivity contribution in [2.75, 3.05) is 13.1 Å². The highest BCUT2D eigenvalue weighted by molar-refractivity contribution is 6.31. The largest absolute Gasteiger partial charge is 0.338 e. The molecule has 0 saturated carbocycles. The molecule has 6 nitrogen and oxygen atoms in total. The number of halogens is 3. The van der Waals surface area contributed by atoms with Crippen molar-refractivity contribution in [3.8, 4) is 0 Å². The summed E-state index contributed by atoms with van der Waals surface area (Å²) in [5.74, 6) is -2.93. The SMILES string of the molecule is O=C(c1ccc(F)c(F)c1)N1CCC2(CC1)NC(=O)N(Cc1ccccc1Cl)C2=O. The predicted octanol–water partition coefficient (Wildman–Crippen LogP) is 3.35. The molecule has 4 amide bonds. The monoisotopic (exact) mass is 433 g/mol. The first-order valence-corrected chi connectivity index (χ1v) is 9.80. The van der Waals surface area contributed by atoms with Gasteiger partial charge in [-0.25, -0.2) is 13.6 Å². The van der Waals surface area contributed by atoms with Crippen molar-refractivity contribution in [2.24, 2.45) is 0 Å². The molecule has 0 unspecified atom stereocenters. The van der Waals surface area contributed by atoms with E-state index in [4.69, 9.17) is 11.6 Å². The van der Waals surface area contributed by atoms with Crippen LogP contribution in [0, 0.1) is 11.6 Å². The van der Waals surface area contributed by atoms with Gasteiger partial charge in [-0.15, -0.1) is 0 Å². The lowest BCUT2D eigenvalue weighted by molar-refractivity contribution is -0.133. The number of nitrogens with zero attached hydrogens (tertiary/aromatic N) is 2. The van der Waals surface area contributed by atoms with Crippen LogP contribution in [0.4, 0.5) is 13.6 Å². The van der Waals surface area contributed by atoms with E-state index in [-0.39, 0.29) is 43.9 Å². The molecule has 0 bridgehead atoms. The van der Waals surface area contributed by atoms with Crippen LogP contribution >= 0.6 is 11.6 Å². The minimum absolute atomic E-state index is 0.0342. The molecule has 2 aromatic rings. The summed E-state index contributed by atoms with van der Waals surface area (Å²) in [7, 11) is 0. The van der Waals surface area contributed by atoms with Crippen molar-refractivity contribution in [3.05, 3.63) is 70.2 Å². The van der Waals surface area contributed by atoms with E-state index in [0.29, 0.717) is 10.6 Å². The summed E-state index contributed by atoms with van der Waals surface area (Å²) in [5.41, 5.74) is -0.388. The Labute approximate surface area is 176 Å². The van der Waals surface area contributed by atoms with Crippen LogP contribution in [0.2, 0.25) is 5.02 Å². The molecule has 2 aromatic carbocycles. The van der Waals surface area contributed by atoms with Gasteiger partial charge in [0.2, 0.25) is 0 Å². The number of hydrogen-bond acceptors (Lipinski definition) is 3. The van der Waals surface area contributed by atoms with Gasteiger partial charge in [0, 0.05) is 23.7 Å². The third-order valence-corrected chi connectivity index (χ3v) is 5.97. The number of nitrogens with one attached hydrogen (secondary N) is 1. The Kier molecular flexibility index (Phi) is 5.19. The smallest absolute Gasteiger partial charge is 0.325 e. The second-order valence-electron chi connectivity index (χ2n) is 7.42. The molecule has 2 heterocycles. The molecular weight excluding hydrogens is 416 g/mol. The summed E-state index contributed by atoms with van der Waals surface area (Å²) in [6, 6.07) is 9.46. The summed E-state index contributed by atoms with van der Waals surface area (Å²) in [5, 5.41) is 3.24. The summed E-state index contributed by atoms with van der Waals surface area (Å²) < 4.78 is 26.6. The summed E-state index contributed by atoms with van der Waals surface area (Å²) in [6.07, 6.45) is 0.456. The van der Waals surface area contributed by atoms with Crippen LogP contribution in [0.5, 0.6) is 0 Å². The minimum Gasteiger partial charge on any atom is -0.338 e. The lowest BCUT2D eigenvalue weighted by Crippen LogP contribution is -2.55. The maximum atomic E-state index is 13.4. The highest BCUT2D eigenvalue weighted by atomic mass is 35.5. The number of benzene rings is 2. The van der Waals surface area contributed by atoms with Crippen molar-refractivity contribution in [2.45, 2.75) is 24.9 Å². The number of likely N-dealkylation sites (tertiary alicyclic amines) is 1. The first kappa shape index (κ1) is 20.3. The molecule has 4 rings (SSSR count). The van der Waals surface area contributed by atoms with E-state index in [9.17, 15) is 23.2 Å². The molecule has 156 valence electrons. The highest BCUT2D eigenvalue weighted by Gasteiger charge is 2.52. The fourth-order valence-corrected chi connectivity index (χ4v) is 4.05. The zero-order valence-electron chi connectivity index (χ0n) is 15.8. The van der Waals surface area contributed by atoms with Crippen molar-refractivity contribution in [3.63, 3.8) is 0 Å². The maximum Gasteiger partial charge on any atom is 0.325 e. The second-order valence-corrected chi connectivity index (χ2v) is 7.82. The van der Waals surface area contributed by atoms with Crippen LogP contribution < -0.4 is 5.32 Å². The second kappa shape index (κ2) is 7.68. The molecule has 2 aliphatic heterocycles. The third-order valence-electron chi connectivity index (χ3n) is 5.60. The summed E-state index contributed by atoms with van der Waals surface area (Å²) in [4.78, 5) is 40.7. The normalized spacial score (nSPS) is 18.1. The van der Waals surface area contributed by atoms with Gasteiger partial charge in [-0.3, -0.25) is 14.5 Å². The van der Waals surface area contributed by atoms with Crippen LogP contribution in [0.3, 0.4) is 0 Å². The van der Waals surface area contributed by atoms with Crippen molar-refractivity contribution in [1.29, 1.82) is 0 Å². The van der Waals surface area contributed by atoms with Crippen molar-refractivity contribution >= 4 is 29.4 Å². The summed E-state index contributed by atoms with van der Waals surface area (Å²) >= 11 is 6.14. The van der Waals surface area contributed by atoms with Gasteiger partial charge < -0.3 is 10.2 Å². The van der Waals surface area contributed by atoms with Gasteiger partial charge in [0.05, 0.1) is 6.54 Å². The standard InChI is InChI=1S/C21H18ClF2N3O3/c22-15-4-2-1-3-14(15)12-27-19(29)21(25-20(27)30)7-9-26(10-8-21)18(28)13-5-6-16(23)17(24)11-13/h1-6,11H,7-10,12H2,(H,25,30). The summed E-state index contributed by atoms with van der Waals surface area (Å²) in [6.45, 7) is 0.456. The van der Waals surface area contributed by atoms with Gasteiger partial charge in [0.1, 0.15) is 5.54 Å². The van der Waals surface area contributed by atoms with Gasteiger partial charge in [-0.1, -0.05) is 29.8 Å². The molecule has 2 fully saturated rings. The molecule has 9 heteroatoms. The number of imide groups is 1. The molecule has 0 aliphatic carbocycles. The van der Waals surface area contributed by atoms with Crippen LogP contribution in [-0.4, -0.2) is 46.3 Å². The number of amides is 4. The molecule has 0 atom stereocenters. The van der Waals surface area contributed by atoms with E-state index >= 15 is 0 Å². The molecule has 0 radical (unpaired) electrons. The Hall–Kier alpha value is -3.00. The van der Waals surface area contributed by atoms with Crippen LogP contribution in [-0.2, 0) is 11.3 Å². The predicted molar refractivity (Wildman–Crippen MR) is 105 cm³/mol. The Morgan fingerprint density at radius 3 is 2.43 bits per heavy atom. The fraction of sp³-hybridized carbons (Fsp3) is 0.286. The molecule has 1 spiro atoms. The molecule has 1 N–H and O–H groups in total. The Morgan fingerprint density at radius 1 is 1.07 bits per heavy atom. The molecule has 2 saturated heterocycles. The third kappa shape index (κ3) is 3.52. The average molecular weight is 434 g/mol. The Balaban J connectivity index is 1.45. The quantitative estimate of drug-likeness (QED) is 0.755. The van der Waals surface area contributed by atoms with Crippen molar-refractivity contribution < 1.29 is 23.2 Å². The minimum atomic E-state index is -1.09. The van der Waals surface area contributed by atoms with Gasteiger partial charge in [-0.2, -0.15) is 0 Å². The fourth-order valence-electron chi connectivity index (χ4n) is 3.86. The van der Waals surface area contributed by atoms with E-state index in [1.54, 1.807) is 24.3 Å². The van der Waals surface area contributed by atoms with E-state index in [1.807, 2.05) is 0 Å². The number of rotatable bonds is 3. The zero-order valence-corrected chi connectivity index (χ0v) is 16.6. The van der Waals surface area contributed by atoms with Gasteiger partial charge in [0.15, 0.2) is 11.6 Å². The molecular formula is C21H18ClF2N3O3. The number of hydrogen-bond donors (Lipinski definition) is 1. The van der Waals surface area contributed by atoms with Gasteiger partial charge >= 0.3 is 6.03 Å². The Bertz CT molecular complexity index is 1040. The van der Waals surface area contributed by atoms with E-state index < -0.39 is 29.1 Å². The number of carbonyl (C=O) groups is 3. The maximum absolute atomic E-state index is 13.4. The molecule has 2 aliphatic rings. The van der Waals surface area contributed by atoms with E-state index in [1.165, 1.54) is 11.0 Å². The van der Waals surface area contributed by atoms with Gasteiger partial charge in [-0.05, 0) is 42.7 Å². The lowest BCUT2D eigenvalue weighted by Gasteiger charge is -2.37. The van der Waals surface area contributed by atoms with Crippen molar-refractivity contribution in [1.82, 2.24) is 15.1 Å². The number of piperidine rings is 1. The highest BCUT2D eigenvalue weighted by Crippen LogP contribution is 2.31. The van der Waals surface area contributed by atoms with Gasteiger partial charge in [0.25, 0.3) is 11.8 Å². The average Bonchev–Trinajstić information content (AvgIpc) is 2.95. The van der Waals surface area contributed by atoms with Crippen LogP contribution in [0.1, 0.15) is 28.8 Å². The topological polar surface area (TPSA) is 69.7 Å². The first-order chi connectivity index (χ1) is 14.3. The van der Waals surface area contributed by atoms with E-state index in [0.717, 1.165) is 17.0 Å².